The van der Waals surface area contributed by atoms with Gasteiger partial charge in [-0.1, -0.05) is 32.3 Å². The molecule has 0 radical (unpaired) electrons. The summed E-state index contributed by atoms with van der Waals surface area (Å²) < 4.78 is 5.36. The summed E-state index contributed by atoms with van der Waals surface area (Å²) in [6.45, 7) is 2.15. The lowest BCUT2D eigenvalue weighted by atomic mass is 10.0. The minimum atomic E-state index is -0.144. The van der Waals surface area contributed by atoms with Gasteiger partial charge in [0.1, 0.15) is 5.78 Å². The van der Waals surface area contributed by atoms with Crippen molar-refractivity contribution in [1.29, 1.82) is 0 Å². The van der Waals surface area contributed by atoms with Gasteiger partial charge in [-0.3, -0.25) is 4.79 Å². The van der Waals surface area contributed by atoms with E-state index in [1.165, 1.54) is 18.6 Å². The van der Waals surface area contributed by atoms with Gasteiger partial charge >= 0.3 is 0 Å². The van der Waals surface area contributed by atoms with Crippen LogP contribution in [0.25, 0.3) is 0 Å². The number of phenolic OH excluding ortho intramolecular Hbond substituents is 2. The molecule has 118 valence electrons. The van der Waals surface area contributed by atoms with Gasteiger partial charge < -0.3 is 14.9 Å². The van der Waals surface area contributed by atoms with Crippen LogP contribution >= 0.6 is 0 Å². The third kappa shape index (κ3) is 6.63. The smallest absolute Gasteiger partial charge is 0.157 e. The van der Waals surface area contributed by atoms with Crippen LogP contribution in [0, 0.1) is 0 Å². The van der Waals surface area contributed by atoms with Gasteiger partial charge in [-0.05, 0) is 30.5 Å². The van der Waals surface area contributed by atoms with Crippen LogP contribution < -0.4 is 0 Å². The van der Waals surface area contributed by atoms with Crippen molar-refractivity contribution < 1.29 is 19.7 Å². The first-order valence-corrected chi connectivity index (χ1v) is 7.62. The predicted molar refractivity (Wildman–Crippen MR) is 82.7 cm³/mol. The number of benzene rings is 1. The molecule has 1 atom stereocenters. The third-order valence-corrected chi connectivity index (χ3v) is 3.65. The first-order valence-electron chi connectivity index (χ1n) is 7.62. The van der Waals surface area contributed by atoms with Crippen molar-refractivity contribution >= 4 is 5.78 Å². The standard InChI is InChI=1S/C17H26O4/c1-3-4-5-6-15(21-2)12-14(18)9-7-13-8-10-16(19)17(20)11-13/h8,10-11,15,19-20H,3-7,9,12H2,1-2H3. The Labute approximate surface area is 126 Å². The molecule has 0 aliphatic carbocycles. The first-order chi connectivity index (χ1) is 10.1. The minimum absolute atomic E-state index is 0.0114. The molecule has 0 saturated carbocycles. The Morgan fingerprint density at radius 2 is 2.00 bits per heavy atom. The number of carbonyl (C=O) groups excluding carboxylic acids is 1. The Kier molecular flexibility index (Phi) is 7.83. The maximum Gasteiger partial charge on any atom is 0.157 e. The molecule has 4 nitrogen and oxygen atoms in total. The second kappa shape index (κ2) is 9.40. The van der Waals surface area contributed by atoms with E-state index in [9.17, 15) is 15.0 Å². The monoisotopic (exact) mass is 294 g/mol. The quantitative estimate of drug-likeness (QED) is 0.511. The molecule has 0 aliphatic rings. The van der Waals surface area contributed by atoms with E-state index in [2.05, 4.69) is 6.92 Å². The largest absolute Gasteiger partial charge is 0.504 e. The molecule has 1 aromatic rings. The highest BCUT2D eigenvalue weighted by Gasteiger charge is 2.13. The molecule has 0 bridgehead atoms. The van der Waals surface area contributed by atoms with Crippen molar-refractivity contribution in [3.05, 3.63) is 23.8 Å². The van der Waals surface area contributed by atoms with Gasteiger partial charge in [-0.25, -0.2) is 0 Å². The van der Waals surface area contributed by atoms with Crippen LogP contribution in [0.2, 0.25) is 0 Å². The maximum atomic E-state index is 12.0. The Balaban J connectivity index is 2.36. The van der Waals surface area contributed by atoms with Crippen molar-refractivity contribution in [1.82, 2.24) is 0 Å². The number of carbonyl (C=O) groups is 1. The predicted octanol–water partition coefficient (Wildman–Crippen LogP) is 3.58. The molecular formula is C17H26O4. The molecule has 0 aliphatic heterocycles. The molecule has 1 unspecified atom stereocenters. The van der Waals surface area contributed by atoms with Crippen LogP contribution in [0.15, 0.2) is 18.2 Å². The fourth-order valence-corrected chi connectivity index (χ4v) is 2.29. The summed E-state index contributed by atoms with van der Waals surface area (Å²) in [5.74, 6) is -0.111. The average Bonchev–Trinajstić information content (AvgIpc) is 2.47. The SMILES string of the molecule is CCCCCC(CC(=O)CCc1ccc(O)c(O)c1)OC. The van der Waals surface area contributed by atoms with Crippen LogP contribution in [0.3, 0.4) is 0 Å². The van der Waals surface area contributed by atoms with Crippen molar-refractivity contribution in [3.8, 4) is 11.5 Å². The van der Waals surface area contributed by atoms with Gasteiger partial charge in [0.05, 0.1) is 6.10 Å². The van der Waals surface area contributed by atoms with E-state index < -0.39 is 0 Å². The molecule has 4 heteroatoms. The van der Waals surface area contributed by atoms with Crippen LogP contribution in [0.5, 0.6) is 11.5 Å². The van der Waals surface area contributed by atoms with E-state index in [4.69, 9.17) is 4.74 Å². The molecule has 21 heavy (non-hydrogen) atoms. The lowest BCUT2D eigenvalue weighted by Crippen LogP contribution is -2.16. The highest BCUT2D eigenvalue weighted by Crippen LogP contribution is 2.25. The Morgan fingerprint density at radius 1 is 1.24 bits per heavy atom. The zero-order valence-corrected chi connectivity index (χ0v) is 13.0. The molecule has 2 N–H and O–H groups in total. The van der Waals surface area contributed by atoms with E-state index in [0.717, 1.165) is 24.8 Å². The van der Waals surface area contributed by atoms with Gasteiger partial charge in [0, 0.05) is 20.0 Å². The van der Waals surface area contributed by atoms with Crippen LogP contribution in [0.4, 0.5) is 0 Å². The number of rotatable bonds is 10. The molecule has 0 spiro atoms. The van der Waals surface area contributed by atoms with Crippen LogP contribution in [-0.2, 0) is 16.0 Å². The van der Waals surface area contributed by atoms with Crippen molar-refractivity contribution in [2.45, 2.75) is 58.0 Å². The Hall–Kier alpha value is -1.55. The van der Waals surface area contributed by atoms with E-state index in [0.29, 0.717) is 19.3 Å². The molecule has 0 heterocycles. The van der Waals surface area contributed by atoms with Crippen molar-refractivity contribution in [3.63, 3.8) is 0 Å². The summed E-state index contributed by atoms with van der Waals surface area (Å²) in [4.78, 5) is 12.0. The number of hydrogen-bond donors (Lipinski definition) is 2. The second-order valence-corrected chi connectivity index (χ2v) is 5.42. The van der Waals surface area contributed by atoms with E-state index in [1.54, 1.807) is 13.2 Å². The molecular weight excluding hydrogens is 268 g/mol. The number of phenols is 2. The number of aromatic hydroxyl groups is 2. The highest BCUT2D eigenvalue weighted by atomic mass is 16.5. The van der Waals surface area contributed by atoms with Crippen LogP contribution in [0.1, 0.15) is 51.0 Å². The van der Waals surface area contributed by atoms with Gasteiger partial charge in [0.15, 0.2) is 11.5 Å². The Morgan fingerprint density at radius 3 is 2.62 bits per heavy atom. The summed E-state index contributed by atoms with van der Waals surface area (Å²) in [6, 6.07) is 4.66. The molecule has 0 fully saturated rings. The number of aryl methyl sites for hydroxylation is 1. The highest BCUT2D eigenvalue weighted by molar-refractivity contribution is 5.79. The van der Waals surface area contributed by atoms with Gasteiger partial charge in [-0.15, -0.1) is 0 Å². The van der Waals surface area contributed by atoms with E-state index >= 15 is 0 Å². The lowest BCUT2D eigenvalue weighted by Gasteiger charge is -2.14. The van der Waals surface area contributed by atoms with Gasteiger partial charge in [-0.2, -0.15) is 0 Å². The summed E-state index contributed by atoms with van der Waals surface area (Å²) in [7, 11) is 1.65. The fourth-order valence-electron chi connectivity index (χ4n) is 2.29. The number of methoxy groups -OCH3 is 1. The van der Waals surface area contributed by atoms with Crippen molar-refractivity contribution in [2.75, 3.05) is 7.11 Å². The number of hydrogen-bond acceptors (Lipinski definition) is 4. The number of Topliss-reactive ketones (excluding diaryl/α,β-unsaturated/α-hetero) is 1. The molecule has 1 aromatic carbocycles. The van der Waals surface area contributed by atoms with Crippen LogP contribution in [-0.4, -0.2) is 29.2 Å². The molecule has 0 saturated heterocycles. The molecule has 0 aromatic heterocycles. The second-order valence-electron chi connectivity index (χ2n) is 5.42. The molecule has 1 rings (SSSR count). The van der Waals surface area contributed by atoms with Crippen molar-refractivity contribution in [2.24, 2.45) is 0 Å². The minimum Gasteiger partial charge on any atom is -0.504 e. The average molecular weight is 294 g/mol. The topological polar surface area (TPSA) is 66.8 Å². The fraction of sp³-hybridized carbons (Fsp3) is 0.588. The summed E-state index contributed by atoms with van der Waals surface area (Å²) >= 11 is 0. The Bertz CT molecular complexity index is 442. The summed E-state index contributed by atoms with van der Waals surface area (Å²) in [5.41, 5.74) is 0.846. The zero-order chi connectivity index (χ0) is 15.7. The maximum absolute atomic E-state index is 12.0. The third-order valence-electron chi connectivity index (χ3n) is 3.65. The van der Waals surface area contributed by atoms with Gasteiger partial charge in [0.2, 0.25) is 0 Å². The number of ether oxygens (including phenoxy) is 1. The lowest BCUT2D eigenvalue weighted by molar-refractivity contribution is -0.121. The van der Waals surface area contributed by atoms with E-state index in [-0.39, 0.29) is 23.4 Å². The first kappa shape index (κ1) is 17.5. The normalized spacial score (nSPS) is 12.3. The number of unbranched alkanes of at least 4 members (excludes halogenated alkanes) is 2. The van der Waals surface area contributed by atoms with Gasteiger partial charge in [0.25, 0.3) is 0 Å². The summed E-state index contributed by atoms with van der Waals surface area (Å²) in [5, 5.41) is 18.7. The molecule has 0 amide bonds. The summed E-state index contributed by atoms with van der Waals surface area (Å²) in [6.07, 6.45) is 5.80. The number of ketones is 1. The van der Waals surface area contributed by atoms with E-state index in [1.807, 2.05) is 0 Å². The zero-order valence-electron chi connectivity index (χ0n) is 13.0.